The molecule has 0 aliphatic carbocycles. The molecule has 196 valence electrons. The van der Waals surface area contributed by atoms with E-state index in [1.54, 1.807) is 22.8 Å². The second kappa shape index (κ2) is 9.98. The molecule has 1 spiro atoms. The Balaban J connectivity index is 1.76. The normalized spacial score (nSPS) is 30.5. The van der Waals surface area contributed by atoms with Crippen molar-refractivity contribution >= 4 is 23.5 Å². The van der Waals surface area contributed by atoms with Crippen molar-refractivity contribution in [2.24, 2.45) is 11.8 Å². The lowest BCUT2D eigenvalue weighted by Crippen LogP contribution is -2.56. The fourth-order valence-electron chi connectivity index (χ4n) is 6.87. The molecule has 0 radical (unpaired) electrons. The molecule has 3 heterocycles. The largest absolute Gasteiger partial charge is 0.481 e. The molecule has 4 rings (SSSR count). The maximum atomic E-state index is 14.5. The van der Waals surface area contributed by atoms with Gasteiger partial charge in [0.1, 0.15) is 11.6 Å². The number of hydrogen-bond donors (Lipinski definition) is 2. The number of aryl methyl sites for hydroxylation is 2. The van der Waals surface area contributed by atoms with Crippen molar-refractivity contribution in [3.05, 3.63) is 42.0 Å². The van der Waals surface area contributed by atoms with E-state index < -0.39 is 35.0 Å². The van der Waals surface area contributed by atoms with Crippen LogP contribution in [0.5, 0.6) is 0 Å². The predicted octanol–water partition coefficient (Wildman–Crippen LogP) is 3.22. The summed E-state index contributed by atoms with van der Waals surface area (Å²) in [5, 5.41) is 19.2. The van der Waals surface area contributed by atoms with E-state index in [9.17, 15) is 19.5 Å². The monoisotopic (exact) mass is 498 g/mol. The molecule has 5 atom stereocenters. The topological polar surface area (TPSA) is 107 Å². The number of para-hydroxylation sites is 1. The third-order valence-electron chi connectivity index (χ3n) is 8.37. The molecule has 2 bridgehead atoms. The van der Waals surface area contributed by atoms with Gasteiger partial charge in [-0.25, -0.2) is 0 Å². The van der Waals surface area contributed by atoms with Gasteiger partial charge in [-0.1, -0.05) is 37.1 Å². The minimum atomic E-state index is -1.16. The molecule has 8 nitrogen and oxygen atoms in total. The molecule has 36 heavy (non-hydrogen) atoms. The van der Waals surface area contributed by atoms with E-state index in [-0.39, 0.29) is 25.0 Å². The van der Waals surface area contributed by atoms with E-state index >= 15 is 0 Å². The first kappa shape index (κ1) is 26.4. The zero-order chi connectivity index (χ0) is 26.3. The zero-order valence-corrected chi connectivity index (χ0v) is 21.5. The summed E-state index contributed by atoms with van der Waals surface area (Å²) in [7, 11) is 0. The molecule has 1 aromatic carbocycles. The van der Waals surface area contributed by atoms with Crippen molar-refractivity contribution in [3.63, 3.8) is 0 Å². The van der Waals surface area contributed by atoms with Crippen molar-refractivity contribution in [2.75, 3.05) is 24.6 Å². The number of carboxylic acids is 1. The average Bonchev–Trinajstić information content (AvgIpc) is 3.38. The Morgan fingerprint density at radius 1 is 1.19 bits per heavy atom. The number of fused-ring (bicyclic) bond motifs is 1. The molecule has 0 saturated carbocycles. The van der Waals surface area contributed by atoms with E-state index in [2.05, 4.69) is 6.58 Å². The second-order valence-corrected chi connectivity index (χ2v) is 10.7. The number of carboxylic acid groups (broad SMARTS) is 1. The number of aliphatic hydroxyl groups excluding tert-OH is 1. The number of aliphatic carboxylic acids is 1. The lowest BCUT2D eigenvalue weighted by atomic mass is 9.66. The number of nitrogens with zero attached hydrogens (tertiary/aromatic N) is 2. The molecule has 0 aromatic heterocycles. The highest BCUT2D eigenvalue weighted by Gasteiger charge is 2.78. The molecule has 3 saturated heterocycles. The Morgan fingerprint density at radius 3 is 2.47 bits per heavy atom. The Labute approximate surface area is 212 Å². The van der Waals surface area contributed by atoms with Crippen molar-refractivity contribution < 1.29 is 29.3 Å². The van der Waals surface area contributed by atoms with Crippen LogP contribution in [0.4, 0.5) is 5.69 Å². The third kappa shape index (κ3) is 4.04. The van der Waals surface area contributed by atoms with E-state index in [0.29, 0.717) is 32.2 Å². The number of likely N-dealkylation sites (tertiary alicyclic amines) is 1. The molecule has 3 aliphatic rings. The van der Waals surface area contributed by atoms with Crippen LogP contribution in [0.3, 0.4) is 0 Å². The molecule has 2 N–H and O–H groups in total. The fourth-order valence-corrected chi connectivity index (χ4v) is 6.87. The van der Waals surface area contributed by atoms with Gasteiger partial charge in [0.05, 0.1) is 17.4 Å². The van der Waals surface area contributed by atoms with Crippen LogP contribution in [0.1, 0.15) is 56.6 Å². The number of aliphatic hydroxyl groups is 1. The van der Waals surface area contributed by atoms with Gasteiger partial charge in [-0.2, -0.15) is 0 Å². The van der Waals surface area contributed by atoms with Gasteiger partial charge < -0.3 is 24.7 Å². The number of anilines is 1. The van der Waals surface area contributed by atoms with Gasteiger partial charge in [-0.15, -0.1) is 6.58 Å². The first-order valence-electron chi connectivity index (χ1n) is 13.0. The van der Waals surface area contributed by atoms with Crippen molar-refractivity contribution in [1.29, 1.82) is 0 Å². The van der Waals surface area contributed by atoms with Gasteiger partial charge in [0, 0.05) is 25.4 Å². The number of ether oxygens (including phenoxy) is 1. The van der Waals surface area contributed by atoms with Crippen LogP contribution < -0.4 is 4.90 Å². The van der Waals surface area contributed by atoms with E-state index in [1.807, 2.05) is 32.0 Å². The zero-order valence-electron chi connectivity index (χ0n) is 21.5. The summed E-state index contributed by atoms with van der Waals surface area (Å²) in [5.74, 6) is -3.48. The van der Waals surface area contributed by atoms with E-state index in [4.69, 9.17) is 9.84 Å². The second-order valence-electron chi connectivity index (χ2n) is 10.7. The summed E-state index contributed by atoms with van der Waals surface area (Å²) in [5.41, 5.74) is 0.524. The minimum absolute atomic E-state index is 0.119. The summed E-state index contributed by atoms with van der Waals surface area (Å²) in [4.78, 5) is 44.0. The van der Waals surface area contributed by atoms with Crippen LogP contribution in [0.2, 0.25) is 0 Å². The average molecular weight is 499 g/mol. The number of amides is 2. The van der Waals surface area contributed by atoms with Crippen LogP contribution in [-0.4, -0.2) is 69.8 Å². The third-order valence-corrected chi connectivity index (χ3v) is 8.37. The number of hydrogen-bond acceptors (Lipinski definition) is 5. The number of unbranched alkanes of at least 4 members (excludes halogenated alkanes) is 3. The quantitative estimate of drug-likeness (QED) is 0.358. The molecule has 2 unspecified atom stereocenters. The Morgan fingerprint density at radius 2 is 1.86 bits per heavy atom. The van der Waals surface area contributed by atoms with Crippen LogP contribution in [-0.2, 0) is 19.1 Å². The van der Waals surface area contributed by atoms with E-state index in [1.165, 1.54) is 0 Å². The molecule has 1 aromatic rings. The molecule has 3 fully saturated rings. The summed E-state index contributed by atoms with van der Waals surface area (Å²) in [6.45, 7) is 10.3. The SMILES string of the molecule is C=CCN(C(=O)C1N(CCCCCCO)C(=O)[C@@H]2[C@H](C(=O)O)[C@]3(C)CCC12O3)c1c(C)cccc1C. The lowest BCUT2D eigenvalue weighted by Gasteiger charge is -2.37. The van der Waals surface area contributed by atoms with Gasteiger partial charge >= 0.3 is 5.97 Å². The van der Waals surface area contributed by atoms with Gasteiger partial charge in [-0.3, -0.25) is 14.4 Å². The Kier molecular flexibility index (Phi) is 7.30. The van der Waals surface area contributed by atoms with Crippen molar-refractivity contribution in [1.82, 2.24) is 4.90 Å². The molecule has 3 aliphatic heterocycles. The number of carbonyl (C=O) groups excluding carboxylic acids is 2. The van der Waals surface area contributed by atoms with Gasteiger partial charge in [-0.05, 0) is 57.6 Å². The summed E-state index contributed by atoms with van der Waals surface area (Å²) in [6.07, 6.45) is 5.61. The Hall–Kier alpha value is -2.71. The molecule has 8 heteroatoms. The summed E-state index contributed by atoms with van der Waals surface area (Å²) < 4.78 is 6.50. The van der Waals surface area contributed by atoms with Gasteiger partial charge in [0.25, 0.3) is 5.91 Å². The highest BCUT2D eigenvalue weighted by molar-refractivity contribution is 6.05. The fraction of sp³-hybridized carbons (Fsp3) is 0.607. The maximum Gasteiger partial charge on any atom is 0.310 e. The van der Waals surface area contributed by atoms with Crippen molar-refractivity contribution in [2.45, 2.75) is 76.5 Å². The predicted molar refractivity (Wildman–Crippen MR) is 136 cm³/mol. The highest BCUT2D eigenvalue weighted by atomic mass is 16.5. The Bertz CT molecular complexity index is 1040. The molecule has 2 amide bonds. The number of benzene rings is 1. The van der Waals surface area contributed by atoms with Crippen LogP contribution >= 0.6 is 0 Å². The number of rotatable bonds is 11. The smallest absolute Gasteiger partial charge is 0.310 e. The summed E-state index contributed by atoms with van der Waals surface area (Å²) >= 11 is 0. The van der Waals surface area contributed by atoms with Crippen LogP contribution in [0.15, 0.2) is 30.9 Å². The highest BCUT2D eigenvalue weighted by Crippen LogP contribution is 2.63. The first-order valence-corrected chi connectivity index (χ1v) is 13.0. The minimum Gasteiger partial charge on any atom is -0.481 e. The standard InChI is InChI=1S/C28H38N2O6/c1-5-15-29(22-18(2)11-10-12-19(22)3)25(33)23-28-14-13-27(4,36-28)21(26(34)35)20(28)24(32)30(23)16-8-6-7-9-17-31/h5,10-12,20-21,23,31H,1,6-9,13-17H2,2-4H3,(H,34,35)/t20-,21+,23?,27-,28?/m0/s1. The van der Waals surface area contributed by atoms with E-state index in [0.717, 1.165) is 29.7 Å². The van der Waals surface area contributed by atoms with Crippen LogP contribution in [0, 0.1) is 25.7 Å². The van der Waals surface area contributed by atoms with Crippen LogP contribution in [0.25, 0.3) is 0 Å². The number of carbonyl (C=O) groups is 3. The maximum absolute atomic E-state index is 14.5. The summed E-state index contributed by atoms with van der Waals surface area (Å²) in [6, 6.07) is 4.94. The lowest BCUT2D eigenvalue weighted by molar-refractivity contribution is -0.154. The first-order chi connectivity index (χ1) is 17.1. The molecular weight excluding hydrogens is 460 g/mol. The van der Waals surface area contributed by atoms with Crippen molar-refractivity contribution in [3.8, 4) is 0 Å². The molecular formula is C28H38N2O6. The van der Waals surface area contributed by atoms with Gasteiger partial charge in [0.15, 0.2) is 0 Å². The van der Waals surface area contributed by atoms with Gasteiger partial charge in [0.2, 0.25) is 5.91 Å².